The number of thioether (sulfide) groups is 1. The summed E-state index contributed by atoms with van der Waals surface area (Å²) < 4.78 is 5.67. The van der Waals surface area contributed by atoms with Gasteiger partial charge in [0.05, 0.1) is 40.2 Å². The SMILES string of the molecule is CC1=C(C(=O)Nc2cccc(C)c2)[C@@H](c2ccco2)C(C#N)=C(SCC(=O)Nc2ccc3c(c2)C(=O)c2ccccc2C3=O)N1. The molecule has 10 heteroatoms. The predicted molar refractivity (Wildman–Crippen MR) is 171 cm³/mol. The Morgan fingerprint density at radius 3 is 2.27 bits per heavy atom. The summed E-state index contributed by atoms with van der Waals surface area (Å²) in [6.07, 6.45) is 1.48. The fraction of sp³-hybridized carbons (Fsp3) is 0.114. The fourth-order valence-electron chi connectivity index (χ4n) is 5.50. The topological polar surface area (TPSA) is 141 Å². The monoisotopic (exact) mass is 614 g/mol. The molecule has 1 aromatic heterocycles. The molecule has 0 saturated carbocycles. The van der Waals surface area contributed by atoms with E-state index in [0.717, 1.165) is 17.3 Å². The van der Waals surface area contributed by atoms with E-state index in [9.17, 15) is 24.4 Å². The molecule has 6 rings (SSSR count). The molecule has 0 bridgehead atoms. The van der Waals surface area contributed by atoms with Crippen molar-refractivity contribution in [1.82, 2.24) is 5.32 Å². The van der Waals surface area contributed by atoms with Crippen molar-refractivity contribution in [2.75, 3.05) is 16.4 Å². The summed E-state index contributed by atoms with van der Waals surface area (Å²) in [5, 5.41) is 19.5. The maximum absolute atomic E-state index is 13.5. The minimum Gasteiger partial charge on any atom is -0.468 e. The zero-order valence-electron chi connectivity index (χ0n) is 24.3. The lowest BCUT2D eigenvalue weighted by atomic mass is 9.84. The number of carbonyl (C=O) groups excluding carboxylic acids is 4. The largest absolute Gasteiger partial charge is 0.468 e. The van der Waals surface area contributed by atoms with E-state index in [1.165, 1.54) is 12.3 Å². The van der Waals surface area contributed by atoms with Crippen LogP contribution in [0, 0.1) is 18.3 Å². The van der Waals surface area contributed by atoms with Crippen molar-refractivity contribution in [3.63, 3.8) is 0 Å². The molecule has 0 fully saturated rings. The Kier molecular flexibility index (Phi) is 7.94. The minimum atomic E-state index is -0.798. The highest BCUT2D eigenvalue weighted by atomic mass is 32.2. The summed E-state index contributed by atoms with van der Waals surface area (Å²) in [6.45, 7) is 3.66. The van der Waals surface area contributed by atoms with Crippen LogP contribution in [0.1, 0.15) is 56.0 Å². The third kappa shape index (κ3) is 5.69. The number of allylic oxidation sites excluding steroid dienone is 2. The van der Waals surface area contributed by atoms with Crippen LogP contribution in [0.4, 0.5) is 11.4 Å². The van der Waals surface area contributed by atoms with Gasteiger partial charge in [-0.25, -0.2) is 0 Å². The van der Waals surface area contributed by atoms with Gasteiger partial charge in [-0.3, -0.25) is 19.2 Å². The van der Waals surface area contributed by atoms with E-state index in [2.05, 4.69) is 22.0 Å². The zero-order chi connectivity index (χ0) is 31.7. The molecule has 3 N–H and O–H groups in total. The molecule has 2 aliphatic rings. The first-order valence-corrected chi connectivity index (χ1v) is 15.0. The maximum Gasteiger partial charge on any atom is 0.254 e. The molecule has 2 heterocycles. The van der Waals surface area contributed by atoms with Crippen molar-refractivity contribution in [1.29, 1.82) is 5.26 Å². The number of amides is 2. The number of dihydropyridines is 1. The Labute approximate surface area is 263 Å². The zero-order valence-corrected chi connectivity index (χ0v) is 25.1. The summed E-state index contributed by atoms with van der Waals surface area (Å²) in [5.41, 5.74) is 4.25. The molecule has 0 unspecified atom stereocenters. The molecule has 0 saturated heterocycles. The van der Waals surface area contributed by atoms with Crippen molar-refractivity contribution in [3.8, 4) is 6.07 Å². The number of rotatable bonds is 7. The number of anilines is 2. The molecule has 1 aliphatic carbocycles. The number of benzene rings is 3. The Balaban J connectivity index is 1.20. The van der Waals surface area contributed by atoms with Gasteiger partial charge in [-0.05, 0) is 61.9 Å². The fourth-order valence-corrected chi connectivity index (χ4v) is 6.39. The highest BCUT2D eigenvalue weighted by molar-refractivity contribution is 8.03. The molecule has 2 amide bonds. The van der Waals surface area contributed by atoms with Gasteiger partial charge in [0, 0.05) is 39.3 Å². The van der Waals surface area contributed by atoms with E-state index in [1.54, 1.807) is 61.5 Å². The van der Waals surface area contributed by atoms with Crippen molar-refractivity contribution in [2.24, 2.45) is 0 Å². The number of furan rings is 1. The van der Waals surface area contributed by atoms with Crippen LogP contribution < -0.4 is 16.0 Å². The van der Waals surface area contributed by atoms with Gasteiger partial charge in [0.25, 0.3) is 5.91 Å². The Morgan fingerprint density at radius 2 is 1.58 bits per heavy atom. The number of ketones is 2. The van der Waals surface area contributed by atoms with Gasteiger partial charge < -0.3 is 20.4 Å². The second-order valence-electron chi connectivity index (χ2n) is 10.6. The second kappa shape index (κ2) is 12.1. The van der Waals surface area contributed by atoms with Crippen molar-refractivity contribution >= 4 is 46.5 Å². The Bertz CT molecular complexity index is 2000. The van der Waals surface area contributed by atoms with Crippen molar-refractivity contribution in [3.05, 3.63) is 141 Å². The normalized spacial score (nSPS) is 15.5. The van der Waals surface area contributed by atoms with Gasteiger partial charge in [-0.15, -0.1) is 0 Å². The number of aryl methyl sites for hydroxylation is 1. The summed E-state index contributed by atoms with van der Waals surface area (Å²) in [5.74, 6) is -1.76. The van der Waals surface area contributed by atoms with Crippen molar-refractivity contribution in [2.45, 2.75) is 19.8 Å². The molecule has 0 spiro atoms. The lowest BCUT2D eigenvalue weighted by Crippen LogP contribution is -2.31. The van der Waals surface area contributed by atoms with Gasteiger partial charge in [-0.1, -0.05) is 48.2 Å². The number of nitrogens with one attached hydrogen (secondary N) is 3. The summed E-state index contributed by atoms with van der Waals surface area (Å²) >= 11 is 1.11. The molecule has 222 valence electrons. The first-order valence-electron chi connectivity index (χ1n) is 14.0. The summed E-state index contributed by atoms with van der Waals surface area (Å²) in [6, 6.07) is 24.3. The van der Waals surface area contributed by atoms with Crippen molar-refractivity contribution < 1.29 is 23.6 Å². The van der Waals surface area contributed by atoms with Gasteiger partial charge >= 0.3 is 0 Å². The van der Waals surface area contributed by atoms with Gasteiger partial charge in [0.15, 0.2) is 11.6 Å². The quantitative estimate of drug-likeness (QED) is 0.201. The van der Waals surface area contributed by atoms with Gasteiger partial charge in [-0.2, -0.15) is 5.26 Å². The molecule has 1 aliphatic heterocycles. The van der Waals surface area contributed by atoms with Crippen LogP contribution in [0.25, 0.3) is 0 Å². The second-order valence-corrected chi connectivity index (χ2v) is 11.6. The minimum absolute atomic E-state index is 0.0801. The standard InChI is InChI=1S/C35H26N4O5S/c1-19-7-5-8-21(15-19)39-34(43)30-20(2)37-35(27(17-36)31(30)28-11-6-14-44-28)45-18-29(40)38-22-12-13-25-26(16-22)33(42)24-10-4-3-9-23(24)32(25)41/h3-16,31,37H,18H2,1-2H3,(H,38,40)(H,39,43)/t31-/m1/s1. The van der Waals surface area contributed by atoms with Crippen LogP contribution in [-0.2, 0) is 9.59 Å². The number of carbonyl (C=O) groups is 4. The molecule has 9 nitrogen and oxygen atoms in total. The van der Waals surface area contributed by atoms with E-state index in [0.29, 0.717) is 44.6 Å². The van der Waals surface area contributed by atoms with Crippen LogP contribution >= 0.6 is 11.8 Å². The molecule has 1 atom stereocenters. The number of hydrogen-bond acceptors (Lipinski definition) is 8. The third-order valence-electron chi connectivity index (χ3n) is 7.55. The lowest BCUT2D eigenvalue weighted by molar-refractivity contribution is -0.114. The molecular weight excluding hydrogens is 588 g/mol. The lowest BCUT2D eigenvalue weighted by Gasteiger charge is -2.28. The van der Waals surface area contributed by atoms with E-state index in [4.69, 9.17) is 4.42 Å². The molecule has 45 heavy (non-hydrogen) atoms. The molecular formula is C35H26N4O5S. The summed E-state index contributed by atoms with van der Waals surface area (Å²) in [7, 11) is 0. The molecule has 3 aromatic carbocycles. The number of nitriles is 1. The number of fused-ring (bicyclic) bond motifs is 2. The van der Waals surface area contributed by atoms with Crippen LogP contribution in [-0.4, -0.2) is 29.1 Å². The number of hydrogen-bond donors (Lipinski definition) is 3. The number of nitrogens with zero attached hydrogens (tertiary/aromatic N) is 1. The van der Waals surface area contributed by atoms with Gasteiger partial charge in [0.2, 0.25) is 5.91 Å². The smallest absolute Gasteiger partial charge is 0.254 e. The van der Waals surface area contributed by atoms with Crippen LogP contribution in [0.3, 0.4) is 0 Å². The van der Waals surface area contributed by atoms with Crippen LogP contribution in [0.15, 0.2) is 111 Å². The molecule has 4 aromatic rings. The van der Waals surface area contributed by atoms with Gasteiger partial charge in [0.1, 0.15) is 5.76 Å². The van der Waals surface area contributed by atoms with Crippen LogP contribution in [0.5, 0.6) is 0 Å². The first-order chi connectivity index (χ1) is 21.7. The Morgan fingerprint density at radius 1 is 0.867 bits per heavy atom. The average molecular weight is 615 g/mol. The highest BCUT2D eigenvalue weighted by Crippen LogP contribution is 2.41. The van der Waals surface area contributed by atoms with Crippen LogP contribution in [0.2, 0.25) is 0 Å². The van der Waals surface area contributed by atoms with E-state index >= 15 is 0 Å². The molecule has 0 radical (unpaired) electrons. The maximum atomic E-state index is 13.5. The summed E-state index contributed by atoms with van der Waals surface area (Å²) in [4.78, 5) is 52.6. The van der Waals surface area contributed by atoms with E-state index < -0.39 is 5.92 Å². The van der Waals surface area contributed by atoms with E-state index in [1.807, 2.05) is 25.1 Å². The first kappa shape index (κ1) is 29.4. The van der Waals surface area contributed by atoms with E-state index in [-0.39, 0.29) is 45.8 Å². The third-order valence-corrected chi connectivity index (χ3v) is 8.57. The Hall–Kier alpha value is -5.66. The average Bonchev–Trinajstić information content (AvgIpc) is 3.57. The highest BCUT2D eigenvalue weighted by Gasteiger charge is 2.37. The predicted octanol–water partition coefficient (Wildman–Crippen LogP) is 6.07.